The Bertz CT molecular complexity index is 1730. The van der Waals surface area contributed by atoms with E-state index in [9.17, 15) is 14.7 Å². The first-order chi connectivity index (χ1) is 21.4. The van der Waals surface area contributed by atoms with Crippen LogP contribution in [-0.4, -0.2) is 46.8 Å². The van der Waals surface area contributed by atoms with Crippen molar-refractivity contribution in [2.45, 2.75) is 35.9 Å². The highest BCUT2D eigenvalue weighted by molar-refractivity contribution is 8.00. The first-order valence-corrected chi connectivity index (χ1v) is 16.3. The number of carbonyl (C=O) groups excluding carboxylic acids is 2. The minimum absolute atomic E-state index is 0.0667. The number of fused-ring (bicyclic) bond motifs is 1. The molecule has 226 valence electrons. The SMILES string of the molecule is CCCCOc1cccc([C@@H]2/C(=C(\O)c3ccc4c(c3)OCCO4)C(=O)C(=O)N2c2nnc(SCc3ccc(Cl)cc3)s2)c1. The van der Waals surface area contributed by atoms with Crippen molar-refractivity contribution >= 4 is 57.3 Å². The van der Waals surface area contributed by atoms with Gasteiger partial charge in [0.15, 0.2) is 15.8 Å². The molecule has 1 fully saturated rings. The van der Waals surface area contributed by atoms with Crippen LogP contribution in [-0.2, 0) is 15.3 Å². The molecule has 12 heteroatoms. The average Bonchev–Trinajstić information content (AvgIpc) is 3.62. The molecule has 1 amide bonds. The molecule has 1 aromatic heterocycles. The van der Waals surface area contributed by atoms with Gasteiger partial charge < -0.3 is 19.3 Å². The number of aliphatic hydroxyl groups excluding tert-OH is 1. The number of carbonyl (C=O) groups is 2. The van der Waals surface area contributed by atoms with E-state index in [2.05, 4.69) is 17.1 Å². The molecule has 1 atom stereocenters. The third-order valence-corrected chi connectivity index (χ3v) is 9.46. The molecule has 0 unspecified atom stereocenters. The lowest BCUT2D eigenvalue weighted by Crippen LogP contribution is -2.29. The van der Waals surface area contributed by atoms with Gasteiger partial charge in [-0.1, -0.05) is 72.3 Å². The van der Waals surface area contributed by atoms with Crippen molar-refractivity contribution in [2.24, 2.45) is 0 Å². The van der Waals surface area contributed by atoms with Crippen LogP contribution >= 0.6 is 34.7 Å². The number of thioether (sulfide) groups is 1. The number of Topliss-reactive ketones (excluding diaryl/α,β-unsaturated/α-hetero) is 1. The van der Waals surface area contributed by atoms with E-state index in [-0.39, 0.29) is 16.5 Å². The van der Waals surface area contributed by atoms with Crippen molar-refractivity contribution in [2.75, 3.05) is 24.7 Å². The van der Waals surface area contributed by atoms with Crippen molar-refractivity contribution in [3.8, 4) is 17.2 Å². The van der Waals surface area contributed by atoms with Crippen LogP contribution in [0.3, 0.4) is 0 Å². The summed E-state index contributed by atoms with van der Waals surface area (Å²) in [5.41, 5.74) is 1.89. The van der Waals surface area contributed by atoms with Crippen LogP contribution in [0, 0.1) is 0 Å². The molecular weight excluding hydrogens is 622 g/mol. The normalized spacial score (nSPS) is 17.2. The zero-order valence-electron chi connectivity index (χ0n) is 23.7. The van der Waals surface area contributed by atoms with Crippen LogP contribution < -0.4 is 19.1 Å². The fraction of sp³-hybridized carbons (Fsp3) is 0.250. The number of benzene rings is 3. The predicted octanol–water partition coefficient (Wildman–Crippen LogP) is 7.06. The Labute approximate surface area is 267 Å². The Hall–Kier alpha value is -4.06. The Morgan fingerprint density at radius 1 is 1.07 bits per heavy atom. The molecule has 2 aliphatic rings. The number of ether oxygens (including phenoxy) is 3. The summed E-state index contributed by atoms with van der Waals surface area (Å²) in [4.78, 5) is 28.6. The highest BCUT2D eigenvalue weighted by Gasteiger charge is 2.48. The summed E-state index contributed by atoms with van der Waals surface area (Å²) >= 11 is 8.67. The molecule has 1 N–H and O–H groups in total. The molecule has 1 saturated heterocycles. The molecule has 0 saturated carbocycles. The lowest BCUT2D eigenvalue weighted by atomic mass is 9.95. The Morgan fingerprint density at radius 2 is 1.86 bits per heavy atom. The highest BCUT2D eigenvalue weighted by atomic mass is 35.5. The summed E-state index contributed by atoms with van der Waals surface area (Å²) < 4.78 is 17.9. The molecule has 2 aliphatic heterocycles. The number of hydrogen-bond acceptors (Lipinski definition) is 10. The van der Waals surface area contributed by atoms with Crippen molar-refractivity contribution < 1.29 is 28.9 Å². The summed E-state index contributed by atoms with van der Waals surface area (Å²) in [7, 11) is 0. The number of anilines is 1. The first-order valence-electron chi connectivity index (χ1n) is 14.1. The second-order valence-corrected chi connectivity index (χ2v) is 12.7. The third kappa shape index (κ3) is 6.26. The number of aromatic nitrogens is 2. The number of aliphatic hydroxyl groups is 1. The fourth-order valence-corrected chi connectivity index (χ4v) is 6.83. The van der Waals surface area contributed by atoms with E-state index in [1.54, 1.807) is 36.4 Å². The van der Waals surface area contributed by atoms with Crippen molar-refractivity contribution in [1.29, 1.82) is 0 Å². The summed E-state index contributed by atoms with van der Waals surface area (Å²) in [6.07, 6.45) is 1.86. The number of amides is 1. The maximum Gasteiger partial charge on any atom is 0.301 e. The maximum absolute atomic E-state index is 13.7. The topological polar surface area (TPSA) is 111 Å². The van der Waals surface area contributed by atoms with E-state index in [0.29, 0.717) is 63.3 Å². The van der Waals surface area contributed by atoms with E-state index in [1.807, 2.05) is 30.3 Å². The summed E-state index contributed by atoms with van der Waals surface area (Å²) in [6, 6.07) is 18.7. The molecule has 0 radical (unpaired) electrons. The zero-order valence-corrected chi connectivity index (χ0v) is 26.1. The van der Waals surface area contributed by atoms with Crippen LogP contribution in [0.5, 0.6) is 17.2 Å². The second kappa shape index (κ2) is 13.3. The molecular formula is C32H28ClN3O6S2. The van der Waals surface area contributed by atoms with Crippen LogP contribution in [0.2, 0.25) is 5.02 Å². The van der Waals surface area contributed by atoms with Crippen LogP contribution in [0.15, 0.2) is 76.6 Å². The monoisotopic (exact) mass is 649 g/mol. The molecule has 3 heterocycles. The second-order valence-electron chi connectivity index (χ2n) is 10.1. The van der Waals surface area contributed by atoms with Gasteiger partial charge in [0.25, 0.3) is 5.78 Å². The summed E-state index contributed by atoms with van der Waals surface area (Å²) in [5.74, 6) is 0.240. The van der Waals surface area contributed by atoms with Gasteiger partial charge >= 0.3 is 5.91 Å². The minimum Gasteiger partial charge on any atom is -0.507 e. The molecule has 0 aliphatic carbocycles. The van der Waals surface area contributed by atoms with Gasteiger partial charge in [0.2, 0.25) is 5.13 Å². The largest absolute Gasteiger partial charge is 0.507 e. The predicted molar refractivity (Wildman–Crippen MR) is 170 cm³/mol. The molecule has 9 nitrogen and oxygen atoms in total. The van der Waals surface area contributed by atoms with Gasteiger partial charge in [0, 0.05) is 16.3 Å². The standard InChI is InChI=1S/C32H28ClN3O6S2/c1-2-3-13-40-23-6-4-5-20(16-23)27-26(28(37)21-9-12-24-25(17-21)42-15-14-41-24)29(38)30(39)36(27)31-34-35-32(44-31)43-18-19-7-10-22(33)11-8-19/h4-12,16-17,27,37H,2-3,13-15,18H2,1H3/b28-26+/t27-/m1/s1. The van der Waals surface area contributed by atoms with Gasteiger partial charge in [0.05, 0.1) is 18.2 Å². The van der Waals surface area contributed by atoms with Crippen molar-refractivity contribution in [3.63, 3.8) is 0 Å². The maximum atomic E-state index is 13.7. The van der Waals surface area contributed by atoms with Crippen molar-refractivity contribution in [1.82, 2.24) is 10.2 Å². The Balaban J connectivity index is 1.38. The smallest absolute Gasteiger partial charge is 0.301 e. The lowest BCUT2D eigenvalue weighted by Gasteiger charge is -2.23. The average molecular weight is 650 g/mol. The molecule has 44 heavy (non-hydrogen) atoms. The first kappa shape index (κ1) is 30.0. The third-order valence-electron chi connectivity index (χ3n) is 7.08. The van der Waals surface area contributed by atoms with Gasteiger partial charge in [-0.25, -0.2) is 0 Å². The van der Waals surface area contributed by atoms with Gasteiger partial charge in [-0.15, -0.1) is 10.2 Å². The molecule has 0 spiro atoms. The van der Waals surface area contributed by atoms with E-state index in [4.69, 9.17) is 25.8 Å². The summed E-state index contributed by atoms with van der Waals surface area (Å²) in [5, 5.41) is 21.1. The van der Waals surface area contributed by atoms with E-state index in [0.717, 1.165) is 18.4 Å². The zero-order chi connectivity index (χ0) is 30.6. The Kier molecular flexibility index (Phi) is 9.06. The van der Waals surface area contributed by atoms with E-state index >= 15 is 0 Å². The number of hydrogen-bond donors (Lipinski definition) is 1. The molecule has 3 aromatic carbocycles. The van der Waals surface area contributed by atoms with E-state index in [1.165, 1.54) is 28.0 Å². The number of rotatable bonds is 10. The minimum atomic E-state index is -0.972. The van der Waals surface area contributed by atoms with Gasteiger partial charge in [0.1, 0.15) is 24.7 Å². The van der Waals surface area contributed by atoms with Gasteiger partial charge in [-0.2, -0.15) is 0 Å². The van der Waals surface area contributed by atoms with Crippen molar-refractivity contribution in [3.05, 3.63) is 94.0 Å². The van der Waals surface area contributed by atoms with Crippen LogP contribution in [0.1, 0.15) is 42.5 Å². The molecule has 0 bridgehead atoms. The van der Waals surface area contributed by atoms with Gasteiger partial charge in [-0.05, 0) is 60.0 Å². The number of halogens is 1. The number of nitrogens with zero attached hydrogens (tertiary/aromatic N) is 3. The highest BCUT2D eigenvalue weighted by Crippen LogP contribution is 2.45. The number of ketones is 1. The lowest BCUT2D eigenvalue weighted by molar-refractivity contribution is -0.132. The van der Waals surface area contributed by atoms with Gasteiger partial charge in [-0.3, -0.25) is 14.5 Å². The number of unbranched alkanes of at least 4 members (excludes halogenated alkanes) is 1. The fourth-order valence-electron chi connectivity index (χ4n) is 4.88. The molecule has 4 aromatic rings. The molecule has 6 rings (SSSR count). The van der Waals surface area contributed by atoms with Crippen LogP contribution in [0.25, 0.3) is 5.76 Å². The quantitative estimate of drug-likeness (QED) is 0.0482. The Morgan fingerprint density at radius 3 is 2.66 bits per heavy atom. The summed E-state index contributed by atoms with van der Waals surface area (Å²) in [6.45, 7) is 3.39. The van der Waals surface area contributed by atoms with E-state index < -0.39 is 17.7 Å². The van der Waals surface area contributed by atoms with Crippen LogP contribution in [0.4, 0.5) is 5.13 Å².